The van der Waals surface area contributed by atoms with Crippen LogP contribution in [0.1, 0.15) is 19.8 Å². The average molecular weight is 172 g/mol. The first kappa shape index (κ1) is 11.7. The quantitative estimate of drug-likeness (QED) is 0.601. The third-order valence-electron chi connectivity index (χ3n) is 0.708. The third-order valence-corrected chi connectivity index (χ3v) is 1.10. The molecule has 0 radical (unpaired) electrons. The summed E-state index contributed by atoms with van der Waals surface area (Å²) in [4.78, 5) is 0. The molecule has 0 atom stereocenters. The fourth-order valence-corrected chi connectivity index (χ4v) is 0.575. The fraction of sp³-hybridized carbons (Fsp3) is 1.00. The topological polar surface area (TPSA) is 46.5 Å². The van der Waals surface area contributed by atoms with Crippen molar-refractivity contribution in [3.05, 3.63) is 0 Å². The molecule has 0 aliphatic heterocycles. The van der Waals surface area contributed by atoms with Gasteiger partial charge in [0.05, 0.1) is 6.54 Å². The van der Waals surface area contributed by atoms with Crippen molar-refractivity contribution >= 4 is 22.9 Å². The SMILES string of the molecule is CCCCN=S(=O)=O.Cl. The monoisotopic (exact) mass is 171 g/mol. The zero-order valence-corrected chi connectivity index (χ0v) is 6.83. The molecule has 0 aromatic carbocycles. The molecule has 0 aliphatic carbocycles. The van der Waals surface area contributed by atoms with E-state index >= 15 is 0 Å². The summed E-state index contributed by atoms with van der Waals surface area (Å²) in [6.07, 6.45) is 1.84. The van der Waals surface area contributed by atoms with E-state index in [1.54, 1.807) is 0 Å². The predicted molar refractivity (Wildman–Crippen MR) is 38.4 cm³/mol. The Morgan fingerprint density at radius 1 is 1.44 bits per heavy atom. The van der Waals surface area contributed by atoms with Gasteiger partial charge in [-0.2, -0.15) is 12.8 Å². The van der Waals surface area contributed by atoms with Crippen molar-refractivity contribution < 1.29 is 8.42 Å². The second-order valence-corrected chi connectivity index (χ2v) is 2.12. The maximum atomic E-state index is 9.71. The second-order valence-electron chi connectivity index (χ2n) is 1.42. The van der Waals surface area contributed by atoms with Crippen LogP contribution in [-0.2, 0) is 10.5 Å². The Hall–Kier alpha value is -0.0900. The maximum Gasteiger partial charge on any atom is 0.311 e. The molecule has 0 rings (SSSR count). The lowest BCUT2D eigenvalue weighted by molar-refractivity contribution is 0.619. The van der Waals surface area contributed by atoms with E-state index in [9.17, 15) is 8.42 Å². The molecule has 0 aromatic rings. The van der Waals surface area contributed by atoms with Gasteiger partial charge in [-0.05, 0) is 6.42 Å². The van der Waals surface area contributed by atoms with Gasteiger partial charge in [0.2, 0.25) is 0 Å². The van der Waals surface area contributed by atoms with Gasteiger partial charge in [-0.15, -0.1) is 12.4 Å². The van der Waals surface area contributed by atoms with Crippen LogP contribution in [0.15, 0.2) is 4.36 Å². The van der Waals surface area contributed by atoms with Gasteiger partial charge in [0.1, 0.15) is 0 Å². The highest BCUT2D eigenvalue weighted by molar-refractivity contribution is 7.61. The van der Waals surface area contributed by atoms with E-state index < -0.39 is 10.5 Å². The molecule has 0 saturated heterocycles. The molecule has 0 unspecified atom stereocenters. The molecule has 0 spiro atoms. The van der Waals surface area contributed by atoms with Gasteiger partial charge < -0.3 is 0 Å². The van der Waals surface area contributed by atoms with Crippen molar-refractivity contribution in [2.45, 2.75) is 19.8 Å². The molecule has 0 heterocycles. The average Bonchev–Trinajstić information content (AvgIpc) is 1.66. The first-order valence-corrected chi connectivity index (χ1v) is 3.57. The zero-order chi connectivity index (χ0) is 6.41. The van der Waals surface area contributed by atoms with Crippen LogP contribution in [0.3, 0.4) is 0 Å². The molecule has 0 bridgehead atoms. The van der Waals surface area contributed by atoms with Crippen LogP contribution in [0.2, 0.25) is 0 Å². The molecule has 9 heavy (non-hydrogen) atoms. The van der Waals surface area contributed by atoms with E-state index in [-0.39, 0.29) is 12.4 Å². The van der Waals surface area contributed by atoms with Crippen molar-refractivity contribution in [2.75, 3.05) is 6.54 Å². The number of nitrogens with zero attached hydrogens (tertiary/aromatic N) is 1. The number of halogens is 1. The standard InChI is InChI=1S/C4H9NO2S.ClH/c1-2-3-4-5-8(6)7;/h2-4H2,1H3;1H. The molecule has 0 N–H and O–H groups in total. The Bertz CT molecular complexity index is 155. The second kappa shape index (κ2) is 7.91. The predicted octanol–water partition coefficient (Wildman–Crippen LogP) is 1.27. The number of unbranched alkanes of at least 4 members (excludes halogenated alkanes) is 1. The van der Waals surface area contributed by atoms with Gasteiger partial charge >= 0.3 is 10.5 Å². The first-order valence-electron chi connectivity index (χ1n) is 2.54. The van der Waals surface area contributed by atoms with E-state index in [4.69, 9.17) is 0 Å². The molecule has 0 amide bonds. The van der Waals surface area contributed by atoms with Crippen molar-refractivity contribution in [1.82, 2.24) is 0 Å². The fourth-order valence-electron chi connectivity index (χ4n) is 0.297. The van der Waals surface area contributed by atoms with Crippen molar-refractivity contribution in [3.8, 4) is 0 Å². The highest BCUT2D eigenvalue weighted by Crippen LogP contribution is 1.84. The highest BCUT2D eigenvalue weighted by atomic mass is 35.5. The maximum absolute atomic E-state index is 9.71. The van der Waals surface area contributed by atoms with E-state index in [0.717, 1.165) is 12.8 Å². The minimum Gasteiger partial charge on any atom is -0.172 e. The Morgan fingerprint density at radius 2 is 2.00 bits per heavy atom. The van der Waals surface area contributed by atoms with E-state index in [2.05, 4.69) is 4.36 Å². The van der Waals surface area contributed by atoms with E-state index in [1.165, 1.54) is 0 Å². The molecule has 0 saturated carbocycles. The number of hydrogen-bond donors (Lipinski definition) is 0. The summed E-state index contributed by atoms with van der Waals surface area (Å²) in [5.74, 6) is 0. The van der Waals surface area contributed by atoms with Crippen LogP contribution in [0.5, 0.6) is 0 Å². The summed E-state index contributed by atoms with van der Waals surface area (Å²) in [7, 11) is -2.19. The third kappa shape index (κ3) is 11.5. The van der Waals surface area contributed by atoms with Crippen LogP contribution in [0.25, 0.3) is 0 Å². The number of hydrogen-bond acceptors (Lipinski definition) is 3. The lowest BCUT2D eigenvalue weighted by Gasteiger charge is -1.80. The zero-order valence-electron chi connectivity index (χ0n) is 5.20. The molecule has 0 fully saturated rings. The smallest absolute Gasteiger partial charge is 0.172 e. The summed E-state index contributed by atoms with van der Waals surface area (Å²) in [5, 5.41) is 0. The van der Waals surface area contributed by atoms with Gasteiger partial charge in [-0.3, -0.25) is 0 Å². The summed E-state index contributed by atoms with van der Waals surface area (Å²) >= 11 is 0. The Morgan fingerprint density at radius 3 is 2.33 bits per heavy atom. The summed E-state index contributed by atoms with van der Waals surface area (Å²) in [5.41, 5.74) is 0. The molecule has 0 aromatic heterocycles. The molecule has 5 heteroatoms. The minimum atomic E-state index is -2.19. The first-order chi connectivity index (χ1) is 3.77. The van der Waals surface area contributed by atoms with Gasteiger partial charge in [-0.1, -0.05) is 13.3 Å². The molecular weight excluding hydrogens is 162 g/mol. The van der Waals surface area contributed by atoms with Crippen molar-refractivity contribution in [1.29, 1.82) is 0 Å². The summed E-state index contributed by atoms with van der Waals surface area (Å²) < 4.78 is 22.6. The lowest BCUT2D eigenvalue weighted by atomic mass is 10.3. The van der Waals surface area contributed by atoms with E-state index in [1.807, 2.05) is 6.92 Å². The van der Waals surface area contributed by atoms with E-state index in [0.29, 0.717) is 6.54 Å². The van der Waals surface area contributed by atoms with Crippen molar-refractivity contribution in [3.63, 3.8) is 0 Å². The largest absolute Gasteiger partial charge is 0.311 e. The van der Waals surface area contributed by atoms with Crippen LogP contribution in [-0.4, -0.2) is 15.0 Å². The Kier molecular flexibility index (Phi) is 10.3. The molecule has 3 nitrogen and oxygen atoms in total. The minimum absolute atomic E-state index is 0. The van der Waals surface area contributed by atoms with Crippen molar-refractivity contribution in [2.24, 2.45) is 4.36 Å². The van der Waals surface area contributed by atoms with Gasteiger partial charge in [0.15, 0.2) is 0 Å². The van der Waals surface area contributed by atoms with Crippen LogP contribution >= 0.6 is 12.4 Å². The Balaban J connectivity index is 0. The molecule has 56 valence electrons. The van der Waals surface area contributed by atoms with Gasteiger partial charge in [0.25, 0.3) is 0 Å². The van der Waals surface area contributed by atoms with Crippen LogP contribution in [0.4, 0.5) is 0 Å². The van der Waals surface area contributed by atoms with Gasteiger partial charge in [-0.25, -0.2) is 0 Å². The summed E-state index contributed by atoms with van der Waals surface area (Å²) in [6, 6.07) is 0. The highest BCUT2D eigenvalue weighted by Gasteiger charge is 1.77. The Labute approximate surface area is 62.6 Å². The molecule has 0 aliphatic rings. The van der Waals surface area contributed by atoms with Gasteiger partial charge in [0, 0.05) is 0 Å². The normalized spacial score (nSPS) is 7.67. The van der Waals surface area contributed by atoms with Crippen LogP contribution < -0.4 is 0 Å². The number of rotatable bonds is 3. The van der Waals surface area contributed by atoms with Crippen LogP contribution in [0, 0.1) is 0 Å². The lowest BCUT2D eigenvalue weighted by Crippen LogP contribution is -1.75. The molecular formula is C4H10ClNO2S. The summed E-state index contributed by atoms with van der Waals surface area (Å²) in [6.45, 7) is 2.43.